The van der Waals surface area contributed by atoms with Gasteiger partial charge < -0.3 is 9.47 Å². The largest absolute Gasteiger partial charge is 0.481 e. The van der Waals surface area contributed by atoms with Gasteiger partial charge >= 0.3 is 0 Å². The first kappa shape index (κ1) is 39.5. The van der Waals surface area contributed by atoms with E-state index in [1.165, 1.54) is 38.5 Å². The van der Waals surface area contributed by atoms with E-state index >= 15 is 0 Å². The van der Waals surface area contributed by atoms with Crippen molar-refractivity contribution in [3.8, 4) is 11.6 Å². The highest BCUT2D eigenvalue weighted by Gasteiger charge is 2.22. The quantitative estimate of drug-likeness (QED) is 0.157. The summed E-state index contributed by atoms with van der Waals surface area (Å²) in [6, 6.07) is 7.60. The Hall–Kier alpha value is -2.61. The molecule has 0 atom stereocenters. The summed E-state index contributed by atoms with van der Waals surface area (Å²) in [6.45, 7) is 20.1. The van der Waals surface area contributed by atoms with Gasteiger partial charge in [0, 0.05) is 6.92 Å². The molecule has 0 aliphatic heterocycles. The Morgan fingerprint density at radius 2 is 1.57 bits per heavy atom. The maximum absolute atomic E-state index is 12.2. The zero-order valence-corrected chi connectivity index (χ0v) is 26.2. The molecule has 4 nitrogen and oxygen atoms in total. The number of ether oxygens (including phenoxy) is 2. The van der Waals surface area contributed by atoms with Crippen LogP contribution in [-0.4, -0.2) is 28.9 Å². The van der Waals surface area contributed by atoms with Gasteiger partial charge in [-0.3, -0.25) is 0 Å². The summed E-state index contributed by atoms with van der Waals surface area (Å²) < 4.78 is 59.0. The highest BCUT2D eigenvalue weighted by atomic mass is 35.5. The molecule has 228 valence electrons. The molecule has 0 aliphatic rings. The van der Waals surface area contributed by atoms with E-state index in [-0.39, 0.29) is 29.1 Å². The van der Waals surface area contributed by atoms with Crippen LogP contribution in [-0.2, 0) is 6.61 Å². The topological polar surface area (TPSA) is 44.2 Å². The molecular weight excluding hydrogens is 544 g/mol. The van der Waals surface area contributed by atoms with Gasteiger partial charge in [0.05, 0.1) is 6.20 Å². The monoisotopic (exact) mass is 590 g/mol. The van der Waals surface area contributed by atoms with Crippen molar-refractivity contribution in [3.05, 3.63) is 65.1 Å². The zero-order valence-electron chi connectivity index (χ0n) is 25.5. The number of halogens is 5. The summed E-state index contributed by atoms with van der Waals surface area (Å²) in [4.78, 5) is 7.56. The van der Waals surface area contributed by atoms with Crippen LogP contribution in [0.4, 0.5) is 17.6 Å². The van der Waals surface area contributed by atoms with Crippen LogP contribution in [0.5, 0.6) is 11.6 Å². The highest BCUT2D eigenvalue weighted by molar-refractivity contribution is 6.28. The van der Waals surface area contributed by atoms with Gasteiger partial charge in [0.1, 0.15) is 13.2 Å². The number of hydrogen-bond acceptors (Lipinski definition) is 4. The van der Waals surface area contributed by atoms with Crippen LogP contribution >= 0.6 is 11.6 Å². The number of rotatable bonds is 10. The van der Waals surface area contributed by atoms with Crippen LogP contribution in [0.2, 0.25) is 5.28 Å². The SMILES string of the molecule is C/C=C(\C)C(C)(F)F.C=C(C)c1ccc(COc2nc(Cl)ncc2OCC(F)F)cc1.CCC(C)C.CCCC. The Bertz CT molecular complexity index is 974. The predicted molar refractivity (Wildman–Crippen MR) is 160 cm³/mol. The molecule has 0 saturated carbocycles. The molecule has 0 saturated heterocycles. The smallest absolute Gasteiger partial charge is 0.272 e. The van der Waals surface area contributed by atoms with E-state index in [1.54, 1.807) is 6.92 Å². The number of nitrogens with zero attached hydrogens (tertiary/aromatic N) is 2. The lowest BCUT2D eigenvalue weighted by Crippen LogP contribution is -2.10. The van der Waals surface area contributed by atoms with Gasteiger partial charge in [0.15, 0.2) is 5.75 Å². The van der Waals surface area contributed by atoms with Crippen molar-refractivity contribution in [3.63, 3.8) is 0 Å². The van der Waals surface area contributed by atoms with E-state index in [1.807, 2.05) is 31.2 Å². The molecule has 2 rings (SSSR count). The van der Waals surface area contributed by atoms with Crippen molar-refractivity contribution in [2.24, 2.45) is 5.92 Å². The molecule has 0 aliphatic carbocycles. The molecule has 1 heterocycles. The van der Waals surface area contributed by atoms with E-state index in [2.05, 4.69) is 51.2 Å². The average Bonchev–Trinajstić information content (AvgIpc) is 2.91. The standard InChI is InChI=1S/C16H15ClF2N2O2.C6H10F2.C5H12.C4H10/c1-10(2)12-5-3-11(4-6-12)8-23-15-13(22-9-14(18)19)7-20-16(17)21-15;1-4-5(2)6(3,7)8;1-4-5(2)3;1-3-4-2/h3-7,14H,1,8-9H2,2H3;4H,1-3H3;5H,4H2,1-3H3;3-4H2,1-2H3/b;5-4+;;. The van der Waals surface area contributed by atoms with E-state index in [0.717, 1.165) is 29.5 Å². The van der Waals surface area contributed by atoms with Gasteiger partial charge in [-0.25, -0.2) is 22.5 Å². The highest BCUT2D eigenvalue weighted by Crippen LogP contribution is 2.26. The molecule has 0 spiro atoms. The average molecular weight is 591 g/mol. The molecule has 0 fully saturated rings. The van der Waals surface area contributed by atoms with Gasteiger partial charge in [0.2, 0.25) is 5.28 Å². The number of hydrogen-bond donors (Lipinski definition) is 0. The molecule has 40 heavy (non-hydrogen) atoms. The second kappa shape index (κ2) is 22.1. The molecule has 9 heteroatoms. The minimum atomic E-state index is -2.63. The zero-order chi connectivity index (χ0) is 31.3. The summed E-state index contributed by atoms with van der Waals surface area (Å²) in [5, 5.41) is -0.0537. The minimum absolute atomic E-state index is 0.0215. The number of benzene rings is 1. The fraction of sp³-hybridized carbons (Fsp3) is 0.548. The van der Waals surface area contributed by atoms with E-state index < -0.39 is 19.0 Å². The van der Waals surface area contributed by atoms with Crippen molar-refractivity contribution in [1.82, 2.24) is 9.97 Å². The van der Waals surface area contributed by atoms with Crippen LogP contribution in [0.1, 0.15) is 92.7 Å². The maximum atomic E-state index is 12.2. The molecule has 2 aromatic rings. The normalized spacial score (nSPS) is 10.9. The van der Waals surface area contributed by atoms with Crippen molar-refractivity contribution in [2.45, 2.75) is 101 Å². The maximum Gasteiger partial charge on any atom is 0.272 e. The fourth-order valence-corrected chi connectivity index (χ4v) is 2.11. The van der Waals surface area contributed by atoms with E-state index in [9.17, 15) is 17.6 Å². The first-order valence-corrected chi connectivity index (χ1v) is 13.8. The summed E-state index contributed by atoms with van der Waals surface area (Å²) in [5.41, 5.74) is 2.99. The Labute approximate surface area is 243 Å². The summed E-state index contributed by atoms with van der Waals surface area (Å²) in [5.74, 6) is -1.70. The number of aromatic nitrogens is 2. The molecule has 0 unspecified atom stereocenters. The number of unbranched alkanes of at least 4 members (excludes halogenated alkanes) is 1. The van der Waals surface area contributed by atoms with Gasteiger partial charge in [-0.15, -0.1) is 0 Å². The van der Waals surface area contributed by atoms with Gasteiger partial charge in [-0.05, 0) is 55.0 Å². The fourth-order valence-electron chi connectivity index (χ4n) is 1.98. The summed E-state index contributed by atoms with van der Waals surface area (Å²) in [7, 11) is 0. The summed E-state index contributed by atoms with van der Waals surface area (Å²) in [6.07, 6.45) is 3.96. The van der Waals surface area contributed by atoms with Crippen molar-refractivity contribution < 1.29 is 27.0 Å². The van der Waals surface area contributed by atoms with E-state index in [4.69, 9.17) is 21.1 Å². The first-order valence-electron chi connectivity index (χ1n) is 13.4. The lowest BCUT2D eigenvalue weighted by atomic mass is 10.1. The van der Waals surface area contributed by atoms with Crippen LogP contribution < -0.4 is 9.47 Å². The molecule has 0 N–H and O–H groups in total. The molecule has 0 amide bonds. The minimum Gasteiger partial charge on any atom is -0.481 e. The number of alkyl halides is 4. The van der Waals surface area contributed by atoms with Crippen molar-refractivity contribution >= 4 is 17.2 Å². The third kappa shape index (κ3) is 20.3. The van der Waals surface area contributed by atoms with Crippen molar-refractivity contribution in [1.29, 1.82) is 0 Å². The van der Waals surface area contributed by atoms with Gasteiger partial charge in [-0.1, -0.05) is 96.4 Å². The number of allylic oxidation sites excluding steroid dienone is 3. The van der Waals surface area contributed by atoms with E-state index in [0.29, 0.717) is 0 Å². The third-order valence-corrected chi connectivity index (χ3v) is 5.50. The molecular formula is C31H47ClF4N2O2. The van der Waals surface area contributed by atoms with Crippen LogP contribution in [0.15, 0.2) is 48.7 Å². The molecule has 0 bridgehead atoms. The Morgan fingerprint density at radius 1 is 1.05 bits per heavy atom. The lowest BCUT2D eigenvalue weighted by molar-refractivity contribution is 0.0633. The first-order chi connectivity index (χ1) is 18.6. The van der Waals surface area contributed by atoms with Crippen LogP contribution in [0, 0.1) is 5.92 Å². The lowest BCUT2D eigenvalue weighted by Gasteiger charge is -2.11. The van der Waals surface area contributed by atoms with Crippen molar-refractivity contribution in [2.75, 3.05) is 6.61 Å². The van der Waals surface area contributed by atoms with Gasteiger partial charge in [-0.2, -0.15) is 4.98 Å². The summed E-state index contributed by atoms with van der Waals surface area (Å²) >= 11 is 5.70. The Kier molecular flexibility index (Phi) is 21.9. The molecule has 1 aromatic carbocycles. The molecule has 1 aromatic heterocycles. The second-order valence-corrected chi connectivity index (χ2v) is 9.78. The predicted octanol–water partition coefficient (Wildman–Crippen LogP) is 10.9. The Balaban J connectivity index is 0. The second-order valence-electron chi connectivity index (χ2n) is 9.44. The van der Waals surface area contributed by atoms with Crippen LogP contribution in [0.3, 0.4) is 0 Å². The molecule has 0 radical (unpaired) electrons. The van der Waals surface area contributed by atoms with Crippen LogP contribution in [0.25, 0.3) is 5.57 Å². The third-order valence-electron chi connectivity index (χ3n) is 5.32. The Morgan fingerprint density at radius 3 is 1.93 bits per heavy atom. The van der Waals surface area contributed by atoms with Gasteiger partial charge in [0.25, 0.3) is 18.2 Å².